The normalized spacial score (nSPS) is 18.2. The quantitative estimate of drug-likeness (QED) is 0.387. The van der Waals surface area contributed by atoms with Gasteiger partial charge in [-0.15, -0.1) is 11.8 Å². The Bertz CT molecular complexity index is 646. The van der Waals surface area contributed by atoms with E-state index in [-0.39, 0.29) is 5.91 Å². The molecule has 2 rings (SSSR count). The van der Waals surface area contributed by atoms with Crippen LogP contribution in [0.4, 0.5) is 5.13 Å². The van der Waals surface area contributed by atoms with Gasteiger partial charge in [0.1, 0.15) is 0 Å². The van der Waals surface area contributed by atoms with Gasteiger partial charge < -0.3 is 5.32 Å². The van der Waals surface area contributed by atoms with Crippen LogP contribution in [-0.2, 0) is 4.79 Å². The van der Waals surface area contributed by atoms with Crippen molar-refractivity contribution in [2.75, 3.05) is 11.1 Å². The van der Waals surface area contributed by atoms with E-state index in [1.54, 1.807) is 11.8 Å². The molecule has 1 aromatic rings. The highest BCUT2D eigenvalue weighted by Crippen LogP contribution is 2.29. The Hall–Kier alpha value is -1.40. The number of aliphatic imine (C=N–C) groups is 1. The molecular formula is C18H25N3OS2. The molecule has 1 aromatic heterocycles. The van der Waals surface area contributed by atoms with Gasteiger partial charge in [0, 0.05) is 24.1 Å². The van der Waals surface area contributed by atoms with Crippen molar-refractivity contribution in [1.82, 2.24) is 4.98 Å². The zero-order valence-electron chi connectivity index (χ0n) is 14.5. The summed E-state index contributed by atoms with van der Waals surface area (Å²) in [6.07, 6.45) is 11.8. The molecule has 0 spiro atoms. The van der Waals surface area contributed by atoms with Gasteiger partial charge in [-0.1, -0.05) is 36.0 Å². The number of hydrogen-bond acceptors (Lipinski definition) is 5. The van der Waals surface area contributed by atoms with Crippen molar-refractivity contribution >= 4 is 39.8 Å². The smallest absolute Gasteiger partial charge is 0.226 e. The minimum atomic E-state index is 0.0513. The van der Waals surface area contributed by atoms with E-state index in [2.05, 4.69) is 41.3 Å². The first-order valence-corrected chi connectivity index (χ1v) is 10.1. The topological polar surface area (TPSA) is 54.4 Å². The van der Waals surface area contributed by atoms with E-state index >= 15 is 0 Å². The van der Waals surface area contributed by atoms with E-state index < -0.39 is 0 Å². The predicted octanol–water partition coefficient (Wildman–Crippen LogP) is 5.30. The molecule has 6 heteroatoms. The molecule has 1 amide bonds. The molecule has 1 heterocycles. The summed E-state index contributed by atoms with van der Waals surface area (Å²) >= 11 is 3.22. The Balaban J connectivity index is 1.78. The van der Waals surface area contributed by atoms with Gasteiger partial charge in [-0.25, -0.2) is 4.98 Å². The Morgan fingerprint density at radius 3 is 3.08 bits per heavy atom. The molecule has 1 N–H and O–H groups in total. The molecule has 0 bridgehead atoms. The number of anilines is 1. The molecule has 130 valence electrons. The molecule has 0 saturated carbocycles. The number of hydrogen-bond donors (Lipinski definition) is 1. The molecule has 4 nitrogen and oxygen atoms in total. The Kier molecular flexibility index (Phi) is 7.72. The Labute approximate surface area is 152 Å². The largest absolute Gasteiger partial charge is 0.302 e. The van der Waals surface area contributed by atoms with Crippen LogP contribution in [0, 0.1) is 5.92 Å². The fourth-order valence-corrected chi connectivity index (χ4v) is 3.95. The first-order valence-electron chi connectivity index (χ1n) is 8.31. The summed E-state index contributed by atoms with van der Waals surface area (Å²) in [6.45, 7) is 6.25. The van der Waals surface area contributed by atoms with Crippen LogP contribution < -0.4 is 5.32 Å². The molecule has 24 heavy (non-hydrogen) atoms. The lowest BCUT2D eigenvalue weighted by Crippen LogP contribution is -2.14. The molecule has 0 saturated heterocycles. The van der Waals surface area contributed by atoms with Crippen LogP contribution in [-0.4, -0.2) is 22.4 Å². The first-order chi connectivity index (χ1) is 11.6. The molecular weight excluding hydrogens is 338 g/mol. The second-order valence-corrected chi connectivity index (χ2v) is 8.29. The lowest BCUT2D eigenvalue weighted by Gasteiger charge is -2.06. The van der Waals surface area contributed by atoms with E-state index in [4.69, 9.17) is 0 Å². The van der Waals surface area contributed by atoms with Crippen LogP contribution in [0.15, 0.2) is 39.3 Å². The number of rotatable bonds is 8. The molecule has 0 aliphatic heterocycles. The second kappa shape index (κ2) is 9.79. The maximum Gasteiger partial charge on any atom is 0.226 e. The van der Waals surface area contributed by atoms with Crippen molar-refractivity contribution in [1.29, 1.82) is 0 Å². The van der Waals surface area contributed by atoms with E-state index in [1.807, 2.05) is 19.3 Å². The number of carbonyl (C=O) groups excluding carboxylic acids is 1. The molecule has 1 unspecified atom stereocenters. The van der Waals surface area contributed by atoms with Crippen molar-refractivity contribution in [2.24, 2.45) is 10.9 Å². The molecule has 1 aliphatic carbocycles. The Morgan fingerprint density at radius 2 is 2.38 bits per heavy atom. The van der Waals surface area contributed by atoms with Gasteiger partial charge in [0.05, 0.1) is 10.4 Å². The number of thiazole rings is 1. The van der Waals surface area contributed by atoms with Gasteiger partial charge in [-0.2, -0.15) is 0 Å². The molecule has 1 atom stereocenters. The maximum atomic E-state index is 12.0. The van der Waals surface area contributed by atoms with Gasteiger partial charge in [-0.3, -0.25) is 9.79 Å². The number of carbonyl (C=O) groups is 1. The molecule has 0 radical (unpaired) electrons. The lowest BCUT2D eigenvalue weighted by atomic mass is 10.1. The van der Waals surface area contributed by atoms with Gasteiger partial charge in [0.15, 0.2) is 5.13 Å². The number of aromatic nitrogens is 1. The summed E-state index contributed by atoms with van der Waals surface area (Å²) in [5.41, 5.74) is 2.36. The Morgan fingerprint density at radius 1 is 1.54 bits per heavy atom. The van der Waals surface area contributed by atoms with Crippen molar-refractivity contribution in [3.63, 3.8) is 0 Å². The zero-order valence-corrected chi connectivity index (χ0v) is 16.2. The predicted molar refractivity (Wildman–Crippen MR) is 105 cm³/mol. The number of nitrogens with one attached hydrogen (secondary N) is 1. The third-order valence-corrected chi connectivity index (χ3v) is 6.04. The van der Waals surface area contributed by atoms with E-state index in [0.717, 1.165) is 34.9 Å². The first kappa shape index (κ1) is 18.9. The average molecular weight is 364 g/mol. The fraction of sp³-hybridized carbons (Fsp3) is 0.500. The van der Waals surface area contributed by atoms with Crippen LogP contribution in [0.2, 0.25) is 0 Å². The number of allylic oxidation sites excluding steroid dienone is 3. The summed E-state index contributed by atoms with van der Waals surface area (Å²) in [5.74, 6) is 1.27. The summed E-state index contributed by atoms with van der Waals surface area (Å²) < 4.78 is 1.09. The highest BCUT2D eigenvalue weighted by Gasteiger charge is 2.15. The van der Waals surface area contributed by atoms with Crippen molar-refractivity contribution in [3.8, 4) is 0 Å². The number of amides is 1. The van der Waals surface area contributed by atoms with Gasteiger partial charge in [0.2, 0.25) is 5.91 Å². The zero-order chi connectivity index (χ0) is 17.4. The summed E-state index contributed by atoms with van der Waals surface area (Å²) in [5, 5.41) is 3.59. The van der Waals surface area contributed by atoms with Crippen LogP contribution in [0.1, 0.15) is 46.5 Å². The number of thioether (sulfide) groups is 1. The van der Waals surface area contributed by atoms with Gasteiger partial charge in [-0.05, 0) is 39.0 Å². The van der Waals surface area contributed by atoms with Crippen LogP contribution in [0.5, 0.6) is 0 Å². The van der Waals surface area contributed by atoms with Gasteiger partial charge in [0.25, 0.3) is 0 Å². The second-order valence-electron chi connectivity index (χ2n) is 5.98. The summed E-state index contributed by atoms with van der Waals surface area (Å²) in [4.78, 5) is 20.8. The highest BCUT2D eigenvalue weighted by molar-refractivity contribution is 8.01. The lowest BCUT2D eigenvalue weighted by molar-refractivity contribution is -0.116. The minimum absolute atomic E-state index is 0.0513. The minimum Gasteiger partial charge on any atom is -0.302 e. The van der Waals surface area contributed by atoms with Gasteiger partial charge >= 0.3 is 0 Å². The third-order valence-electron chi connectivity index (χ3n) is 3.78. The average Bonchev–Trinajstić information content (AvgIpc) is 3.22. The summed E-state index contributed by atoms with van der Waals surface area (Å²) in [7, 11) is 0. The molecule has 0 fully saturated rings. The third kappa shape index (κ3) is 6.61. The highest BCUT2D eigenvalue weighted by atomic mass is 32.2. The van der Waals surface area contributed by atoms with Crippen molar-refractivity contribution in [3.05, 3.63) is 30.1 Å². The summed E-state index contributed by atoms with van der Waals surface area (Å²) in [6, 6.07) is 0. The van der Waals surface area contributed by atoms with Crippen LogP contribution >= 0.6 is 23.1 Å². The van der Waals surface area contributed by atoms with E-state index in [0.29, 0.717) is 17.5 Å². The standard InChI is InChI=1S/C18H25N3OS2/c1-4-13(2)10-19-14(3)12-23-17-11-20-18(24-17)21-16(22)9-15-7-5-6-8-15/h5,7,10-11,15H,4,6,8-9,12H2,1-3H3,(H,20,21,22)/b13-10+,19-14?. The molecule has 1 aliphatic rings. The monoisotopic (exact) mass is 363 g/mol. The fourth-order valence-electron chi connectivity index (χ4n) is 2.18. The number of nitrogens with zero attached hydrogens (tertiary/aromatic N) is 2. The molecule has 0 aromatic carbocycles. The maximum absolute atomic E-state index is 12.0. The van der Waals surface area contributed by atoms with Crippen molar-refractivity contribution in [2.45, 2.75) is 50.7 Å². The van der Waals surface area contributed by atoms with Crippen LogP contribution in [0.25, 0.3) is 0 Å². The SMILES string of the molecule is CC/C(C)=C/N=C(C)CSc1cnc(NC(=O)CC2C=CCC2)s1. The van der Waals surface area contributed by atoms with E-state index in [9.17, 15) is 4.79 Å². The van der Waals surface area contributed by atoms with E-state index in [1.165, 1.54) is 16.9 Å². The van der Waals surface area contributed by atoms with Crippen molar-refractivity contribution < 1.29 is 4.79 Å². The van der Waals surface area contributed by atoms with Crippen LogP contribution in [0.3, 0.4) is 0 Å².